The van der Waals surface area contributed by atoms with Gasteiger partial charge in [0.1, 0.15) is 0 Å². The molecule has 0 aliphatic carbocycles. The van der Waals surface area contributed by atoms with Crippen molar-refractivity contribution >= 4 is 5.97 Å². The zero-order chi connectivity index (χ0) is 12.3. The second-order valence-electron chi connectivity index (χ2n) is 4.06. The topological polar surface area (TPSA) is 88.7 Å². The molecule has 0 spiro atoms. The molecule has 1 atom stereocenters. The Morgan fingerprint density at radius 3 is 3.12 bits per heavy atom. The fourth-order valence-corrected chi connectivity index (χ4v) is 1.85. The van der Waals surface area contributed by atoms with Crippen molar-refractivity contribution in [2.75, 3.05) is 19.7 Å². The van der Waals surface area contributed by atoms with Gasteiger partial charge in [-0.25, -0.2) is 0 Å². The fraction of sp³-hybridized carbons (Fsp3) is 0.700. The zero-order valence-corrected chi connectivity index (χ0v) is 9.63. The summed E-state index contributed by atoms with van der Waals surface area (Å²) in [7, 11) is 0. The quantitative estimate of drug-likeness (QED) is 0.796. The monoisotopic (exact) mass is 241 g/mol. The van der Waals surface area contributed by atoms with Crippen LogP contribution in [0, 0.1) is 6.92 Å². The fourth-order valence-electron chi connectivity index (χ4n) is 1.85. The summed E-state index contributed by atoms with van der Waals surface area (Å²) < 4.78 is 10.3. The maximum Gasteiger partial charge on any atom is 0.306 e. The molecule has 1 saturated heterocycles. The van der Waals surface area contributed by atoms with Gasteiger partial charge in [0.05, 0.1) is 25.7 Å². The number of carbonyl (C=O) groups is 1. The molecule has 0 radical (unpaired) electrons. The van der Waals surface area contributed by atoms with E-state index in [0.717, 1.165) is 6.54 Å². The van der Waals surface area contributed by atoms with Crippen molar-refractivity contribution in [2.45, 2.75) is 26.0 Å². The Balaban J connectivity index is 1.87. The predicted octanol–water partition coefficient (Wildman–Crippen LogP) is 0.0535. The molecule has 94 valence electrons. The first kappa shape index (κ1) is 12.0. The third kappa shape index (κ3) is 3.50. The summed E-state index contributed by atoms with van der Waals surface area (Å²) in [6, 6.07) is 0. The van der Waals surface area contributed by atoms with E-state index in [-0.39, 0.29) is 12.5 Å². The number of ether oxygens (including phenoxy) is 1. The molecule has 1 aliphatic rings. The average Bonchev–Trinajstić information content (AvgIpc) is 2.63. The van der Waals surface area contributed by atoms with E-state index in [1.54, 1.807) is 6.92 Å². The Kier molecular flexibility index (Phi) is 3.70. The molecule has 1 aromatic heterocycles. The van der Waals surface area contributed by atoms with Gasteiger partial charge in [0.2, 0.25) is 5.89 Å². The lowest BCUT2D eigenvalue weighted by Gasteiger charge is -2.31. The highest BCUT2D eigenvalue weighted by Gasteiger charge is 2.23. The minimum atomic E-state index is -0.841. The molecular weight excluding hydrogens is 226 g/mol. The van der Waals surface area contributed by atoms with Crippen molar-refractivity contribution in [1.29, 1.82) is 0 Å². The number of aromatic nitrogens is 2. The highest BCUT2D eigenvalue weighted by atomic mass is 16.5. The minimum absolute atomic E-state index is 0.0295. The highest BCUT2D eigenvalue weighted by molar-refractivity contribution is 5.67. The van der Waals surface area contributed by atoms with Crippen LogP contribution in [0.25, 0.3) is 0 Å². The van der Waals surface area contributed by atoms with E-state index < -0.39 is 5.97 Å². The first-order valence-electron chi connectivity index (χ1n) is 5.48. The number of hydrogen-bond donors (Lipinski definition) is 1. The van der Waals surface area contributed by atoms with Gasteiger partial charge in [-0.15, -0.1) is 0 Å². The average molecular weight is 241 g/mol. The van der Waals surface area contributed by atoms with Crippen LogP contribution >= 0.6 is 0 Å². The van der Waals surface area contributed by atoms with Gasteiger partial charge in [0.25, 0.3) is 0 Å². The maximum atomic E-state index is 10.6. The second kappa shape index (κ2) is 5.24. The minimum Gasteiger partial charge on any atom is -0.481 e. The normalized spacial score (nSPS) is 21.6. The summed E-state index contributed by atoms with van der Waals surface area (Å²) in [5, 5.41) is 12.5. The zero-order valence-electron chi connectivity index (χ0n) is 9.63. The van der Waals surface area contributed by atoms with Crippen LogP contribution in [0.3, 0.4) is 0 Å². The lowest BCUT2D eigenvalue weighted by atomic mass is 10.2. The highest BCUT2D eigenvalue weighted by Crippen LogP contribution is 2.11. The largest absolute Gasteiger partial charge is 0.481 e. The number of carboxylic acid groups (broad SMARTS) is 1. The molecule has 1 unspecified atom stereocenters. The van der Waals surface area contributed by atoms with Crippen molar-refractivity contribution in [1.82, 2.24) is 15.0 Å². The van der Waals surface area contributed by atoms with Crippen molar-refractivity contribution in [3.8, 4) is 0 Å². The first-order chi connectivity index (χ1) is 8.13. The van der Waals surface area contributed by atoms with Crippen LogP contribution in [-0.4, -0.2) is 51.9 Å². The van der Waals surface area contributed by atoms with Gasteiger partial charge in [-0.05, 0) is 0 Å². The third-order valence-electron chi connectivity index (χ3n) is 2.56. The lowest BCUT2D eigenvalue weighted by Crippen LogP contribution is -2.42. The van der Waals surface area contributed by atoms with E-state index >= 15 is 0 Å². The van der Waals surface area contributed by atoms with Crippen LogP contribution in [0.2, 0.25) is 0 Å². The summed E-state index contributed by atoms with van der Waals surface area (Å²) in [5.41, 5.74) is 0. The Morgan fingerprint density at radius 2 is 2.47 bits per heavy atom. The molecule has 2 heterocycles. The van der Waals surface area contributed by atoms with Gasteiger partial charge >= 0.3 is 5.97 Å². The molecule has 17 heavy (non-hydrogen) atoms. The Labute approximate surface area is 98.4 Å². The third-order valence-corrected chi connectivity index (χ3v) is 2.56. The Morgan fingerprint density at radius 1 is 1.65 bits per heavy atom. The van der Waals surface area contributed by atoms with Crippen molar-refractivity contribution in [3.05, 3.63) is 11.7 Å². The number of hydrogen-bond acceptors (Lipinski definition) is 6. The van der Waals surface area contributed by atoms with E-state index in [9.17, 15) is 4.79 Å². The summed E-state index contributed by atoms with van der Waals surface area (Å²) in [4.78, 5) is 16.8. The smallest absolute Gasteiger partial charge is 0.306 e. The van der Waals surface area contributed by atoms with Gasteiger partial charge in [-0.2, -0.15) is 4.98 Å². The molecule has 1 aromatic rings. The van der Waals surface area contributed by atoms with Gasteiger partial charge in [0.15, 0.2) is 5.82 Å². The Bertz CT molecular complexity index is 393. The van der Waals surface area contributed by atoms with Gasteiger partial charge in [-0.1, -0.05) is 5.16 Å². The van der Waals surface area contributed by atoms with Crippen molar-refractivity contribution in [2.24, 2.45) is 0 Å². The van der Waals surface area contributed by atoms with Crippen LogP contribution in [0.5, 0.6) is 0 Å². The SMILES string of the molecule is Cc1nc(CN2CCOC(CC(=O)O)C2)no1. The van der Waals surface area contributed by atoms with Gasteiger partial charge in [-0.3, -0.25) is 9.69 Å². The molecule has 0 saturated carbocycles. The van der Waals surface area contributed by atoms with E-state index in [0.29, 0.717) is 31.4 Å². The number of aliphatic carboxylic acids is 1. The molecule has 7 nitrogen and oxygen atoms in total. The predicted molar refractivity (Wildman–Crippen MR) is 56.3 cm³/mol. The van der Waals surface area contributed by atoms with E-state index in [4.69, 9.17) is 14.4 Å². The standard InChI is InChI=1S/C10H15N3O4/c1-7-11-9(12-17-7)6-13-2-3-16-8(5-13)4-10(14)15/h8H,2-6H2,1H3,(H,14,15). The molecule has 1 fully saturated rings. The number of carboxylic acids is 1. The summed E-state index contributed by atoms with van der Waals surface area (Å²) >= 11 is 0. The van der Waals surface area contributed by atoms with Crippen molar-refractivity contribution in [3.63, 3.8) is 0 Å². The molecule has 2 rings (SSSR count). The molecule has 0 amide bonds. The molecule has 7 heteroatoms. The number of aryl methyl sites for hydroxylation is 1. The number of nitrogens with zero attached hydrogens (tertiary/aromatic N) is 3. The second-order valence-corrected chi connectivity index (χ2v) is 4.06. The van der Waals surface area contributed by atoms with Crippen LogP contribution in [-0.2, 0) is 16.1 Å². The van der Waals surface area contributed by atoms with Crippen LogP contribution < -0.4 is 0 Å². The van der Waals surface area contributed by atoms with Crippen LogP contribution in [0.15, 0.2) is 4.52 Å². The molecule has 1 aliphatic heterocycles. The van der Waals surface area contributed by atoms with Crippen LogP contribution in [0.1, 0.15) is 18.1 Å². The summed E-state index contributed by atoms with van der Waals surface area (Å²) in [6.45, 7) is 4.18. The van der Waals surface area contributed by atoms with E-state index in [1.165, 1.54) is 0 Å². The van der Waals surface area contributed by atoms with Gasteiger partial charge in [0, 0.05) is 20.0 Å². The number of rotatable bonds is 4. The summed E-state index contributed by atoms with van der Waals surface area (Å²) in [5.74, 6) is 0.320. The first-order valence-corrected chi connectivity index (χ1v) is 5.48. The van der Waals surface area contributed by atoms with Crippen LogP contribution in [0.4, 0.5) is 0 Å². The van der Waals surface area contributed by atoms with E-state index in [1.807, 2.05) is 0 Å². The molecule has 0 aromatic carbocycles. The molecule has 1 N–H and O–H groups in total. The maximum absolute atomic E-state index is 10.6. The van der Waals surface area contributed by atoms with Gasteiger partial charge < -0.3 is 14.4 Å². The lowest BCUT2D eigenvalue weighted by molar-refractivity contribution is -0.142. The summed E-state index contributed by atoms with van der Waals surface area (Å²) in [6.07, 6.45) is -0.226. The van der Waals surface area contributed by atoms with E-state index in [2.05, 4.69) is 15.0 Å². The Hall–Kier alpha value is -1.47. The van der Waals surface area contributed by atoms with Crippen molar-refractivity contribution < 1.29 is 19.2 Å². The molecule has 0 bridgehead atoms. The number of morpholine rings is 1. The molecular formula is C10H15N3O4.